The fourth-order valence-corrected chi connectivity index (χ4v) is 5.23. The van der Waals surface area contributed by atoms with Crippen molar-refractivity contribution in [3.8, 4) is 11.3 Å². The van der Waals surface area contributed by atoms with E-state index in [0.717, 1.165) is 22.2 Å². The van der Waals surface area contributed by atoms with Crippen molar-refractivity contribution in [2.75, 3.05) is 13.1 Å². The standard InChI is InChI=1S/C28H27N5O3/c1-30-23-9-3-2-6-21(23)17-25(30)20-7-4-8-22(16-20)26(34)31-14-11-28(36,12-15-31)18-32-19-29-33-13-5-10-24(33)27(32)35/h2-10,13,16-17,19,36H,11-12,14-15,18H2,1H3. The summed E-state index contributed by atoms with van der Waals surface area (Å²) in [5.41, 5.74) is 3.02. The number of hydrogen-bond acceptors (Lipinski definition) is 4. The van der Waals surface area contributed by atoms with Crippen LogP contribution in [0.1, 0.15) is 23.2 Å². The lowest BCUT2D eigenvalue weighted by Gasteiger charge is -2.38. The van der Waals surface area contributed by atoms with Gasteiger partial charge in [-0.2, -0.15) is 5.10 Å². The van der Waals surface area contributed by atoms with Gasteiger partial charge in [0.25, 0.3) is 11.5 Å². The van der Waals surface area contributed by atoms with Crippen LogP contribution in [0.2, 0.25) is 0 Å². The molecule has 0 atom stereocenters. The van der Waals surface area contributed by atoms with Crippen molar-refractivity contribution in [1.82, 2.24) is 23.6 Å². The third kappa shape index (κ3) is 3.79. The predicted molar refractivity (Wildman–Crippen MR) is 138 cm³/mol. The van der Waals surface area contributed by atoms with Crippen LogP contribution in [0.15, 0.2) is 84.0 Å². The number of para-hydroxylation sites is 1. The van der Waals surface area contributed by atoms with E-state index < -0.39 is 5.60 Å². The quantitative estimate of drug-likeness (QED) is 0.427. The van der Waals surface area contributed by atoms with E-state index in [1.165, 1.54) is 15.4 Å². The number of aryl methyl sites for hydroxylation is 1. The SMILES string of the molecule is Cn1c(-c2cccc(C(=O)N3CCC(O)(Cn4cnn5cccc5c4=O)CC3)c2)cc2ccccc21. The molecule has 182 valence electrons. The summed E-state index contributed by atoms with van der Waals surface area (Å²) in [7, 11) is 2.03. The number of aliphatic hydroxyl groups is 1. The zero-order chi connectivity index (χ0) is 24.9. The van der Waals surface area contributed by atoms with Gasteiger partial charge in [0.1, 0.15) is 11.8 Å². The predicted octanol–water partition coefficient (Wildman–Crippen LogP) is 3.32. The van der Waals surface area contributed by atoms with E-state index in [9.17, 15) is 14.7 Å². The number of piperidine rings is 1. The van der Waals surface area contributed by atoms with Crippen LogP contribution in [0.5, 0.6) is 0 Å². The van der Waals surface area contributed by atoms with Crippen LogP contribution < -0.4 is 5.56 Å². The Labute approximate surface area is 207 Å². The second-order valence-electron chi connectivity index (χ2n) is 9.65. The summed E-state index contributed by atoms with van der Waals surface area (Å²) >= 11 is 0. The molecule has 2 aromatic carbocycles. The van der Waals surface area contributed by atoms with Crippen molar-refractivity contribution in [3.05, 3.63) is 95.2 Å². The Kier molecular flexibility index (Phi) is 5.26. The number of aromatic nitrogens is 4. The van der Waals surface area contributed by atoms with Crippen molar-refractivity contribution >= 4 is 22.3 Å². The molecule has 4 heterocycles. The topological polar surface area (TPSA) is 84.8 Å². The molecule has 0 unspecified atom stereocenters. The molecule has 3 aromatic heterocycles. The minimum atomic E-state index is -1.07. The van der Waals surface area contributed by atoms with Gasteiger partial charge in [0.15, 0.2) is 0 Å². The van der Waals surface area contributed by atoms with Crippen LogP contribution in [0.25, 0.3) is 27.7 Å². The molecule has 5 aromatic rings. The summed E-state index contributed by atoms with van der Waals surface area (Å²) < 4.78 is 5.12. The summed E-state index contributed by atoms with van der Waals surface area (Å²) in [6, 6.07) is 21.6. The number of carbonyl (C=O) groups is 1. The van der Waals surface area contributed by atoms with E-state index in [4.69, 9.17) is 0 Å². The zero-order valence-electron chi connectivity index (χ0n) is 20.0. The largest absolute Gasteiger partial charge is 0.388 e. The number of carbonyl (C=O) groups excluding carboxylic acids is 1. The average Bonchev–Trinajstić information content (AvgIpc) is 3.51. The molecule has 0 radical (unpaired) electrons. The molecule has 0 aliphatic carbocycles. The van der Waals surface area contributed by atoms with Crippen molar-refractivity contribution < 1.29 is 9.90 Å². The molecule has 1 saturated heterocycles. The first-order valence-corrected chi connectivity index (χ1v) is 12.1. The highest BCUT2D eigenvalue weighted by Gasteiger charge is 2.35. The van der Waals surface area contributed by atoms with E-state index in [2.05, 4.69) is 27.9 Å². The maximum atomic E-state index is 13.4. The molecule has 0 saturated carbocycles. The number of rotatable bonds is 4. The van der Waals surface area contributed by atoms with Crippen LogP contribution in [0.4, 0.5) is 0 Å². The zero-order valence-corrected chi connectivity index (χ0v) is 20.0. The summed E-state index contributed by atoms with van der Waals surface area (Å²) in [4.78, 5) is 27.9. The number of benzene rings is 2. The lowest BCUT2D eigenvalue weighted by Crippen LogP contribution is -2.49. The van der Waals surface area contributed by atoms with E-state index in [-0.39, 0.29) is 18.0 Å². The van der Waals surface area contributed by atoms with Crippen LogP contribution in [0, 0.1) is 0 Å². The Morgan fingerprint density at radius 1 is 1.00 bits per heavy atom. The molecule has 6 rings (SSSR count). The van der Waals surface area contributed by atoms with Crippen LogP contribution >= 0.6 is 0 Å². The third-order valence-electron chi connectivity index (χ3n) is 7.33. The molecule has 8 heteroatoms. The molecule has 1 aliphatic rings. The maximum Gasteiger partial charge on any atom is 0.277 e. The maximum absolute atomic E-state index is 13.4. The summed E-state index contributed by atoms with van der Waals surface area (Å²) in [6.45, 7) is 0.991. The molecule has 0 bridgehead atoms. The molecule has 36 heavy (non-hydrogen) atoms. The first kappa shape index (κ1) is 22.3. The van der Waals surface area contributed by atoms with Gasteiger partial charge in [0, 0.05) is 48.5 Å². The van der Waals surface area contributed by atoms with Gasteiger partial charge in [-0.1, -0.05) is 30.3 Å². The summed E-state index contributed by atoms with van der Waals surface area (Å²) in [5.74, 6) is -0.0499. The van der Waals surface area contributed by atoms with Crippen molar-refractivity contribution in [3.63, 3.8) is 0 Å². The highest BCUT2D eigenvalue weighted by Crippen LogP contribution is 2.29. The first-order valence-electron chi connectivity index (χ1n) is 12.1. The van der Waals surface area contributed by atoms with Gasteiger partial charge in [0.05, 0.1) is 12.1 Å². The molecule has 1 fully saturated rings. The van der Waals surface area contributed by atoms with Crippen molar-refractivity contribution in [2.45, 2.75) is 25.0 Å². The number of likely N-dealkylation sites (tertiary alicyclic amines) is 1. The van der Waals surface area contributed by atoms with Crippen LogP contribution in [-0.4, -0.2) is 53.4 Å². The number of fused-ring (bicyclic) bond motifs is 2. The molecular weight excluding hydrogens is 454 g/mol. The number of amides is 1. The normalized spacial score (nSPS) is 15.6. The Hall–Kier alpha value is -4.17. The van der Waals surface area contributed by atoms with E-state index in [0.29, 0.717) is 37.0 Å². The Bertz CT molecular complexity index is 1650. The molecule has 8 nitrogen and oxygen atoms in total. The van der Waals surface area contributed by atoms with Crippen molar-refractivity contribution in [2.24, 2.45) is 7.05 Å². The average molecular weight is 482 g/mol. The van der Waals surface area contributed by atoms with Gasteiger partial charge in [-0.3, -0.25) is 14.2 Å². The van der Waals surface area contributed by atoms with E-state index >= 15 is 0 Å². The van der Waals surface area contributed by atoms with E-state index in [1.54, 1.807) is 23.2 Å². The Balaban J connectivity index is 1.18. The lowest BCUT2D eigenvalue weighted by atomic mass is 9.90. The molecular formula is C28H27N5O3. The third-order valence-corrected chi connectivity index (χ3v) is 7.33. The molecule has 1 N–H and O–H groups in total. The van der Waals surface area contributed by atoms with Crippen molar-refractivity contribution in [1.29, 1.82) is 0 Å². The van der Waals surface area contributed by atoms with Gasteiger partial charge in [0.2, 0.25) is 0 Å². The van der Waals surface area contributed by atoms with Crippen LogP contribution in [-0.2, 0) is 13.6 Å². The second kappa shape index (κ2) is 8.49. The monoisotopic (exact) mass is 481 g/mol. The highest BCUT2D eigenvalue weighted by molar-refractivity contribution is 5.96. The number of hydrogen-bond donors (Lipinski definition) is 1. The van der Waals surface area contributed by atoms with E-state index in [1.807, 2.05) is 43.4 Å². The van der Waals surface area contributed by atoms with Gasteiger partial charge in [-0.05, 0) is 54.8 Å². The summed E-state index contributed by atoms with van der Waals surface area (Å²) in [5, 5.41) is 16.6. The van der Waals surface area contributed by atoms with Crippen LogP contribution in [0.3, 0.4) is 0 Å². The molecule has 0 spiro atoms. The minimum absolute atomic E-state index is 0.0499. The lowest BCUT2D eigenvalue weighted by molar-refractivity contribution is -0.0300. The van der Waals surface area contributed by atoms with Gasteiger partial charge in [-0.25, -0.2) is 4.52 Å². The van der Waals surface area contributed by atoms with Gasteiger partial charge >= 0.3 is 0 Å². The Morgan fingerprint density at radius 2 is 1.78 bits per heavy atom. The molecule has 1 aliphatic heterocycles. The first-order chi connectivity index (χ1) is 17.4. The second-order valence-corrected chi connectivity index (χ2v) is 9.65. The fraction of sp³-hybridized carbons (Fsp3) is 0.250. The summed E-state index contributed by atoms with van der Waals surface area (Å²) in [6.07, 6.45) is 3.96. The Morgan fingerprint density at radius 3 is 2.58 bits per heavy atom. The molecule has 1 amide bonds. The number of nitrogens with zero attached hydrogens (tertiary/aromatic N) is 5. The highest BCUT2D eigenvalue weighted by atomic mass is 16.3. The smallest absolute Gasteiger partial charge is 0.277 e. The van der Waals surface area contributed by atoms with Gasteiger partial charge < -0.3 is 14.6 Å². The van der Waals surface area contributed by atoms with Gasteiger partial charge in [-0.15, -0.1) is 0 Å². The minimum Gasteiger partial charge on any atom is -0.388 e. The fourth-order valence-electron chi connectivity index (χ4n) is 5.23.